The number of hydrogen-bond acceptors (Lipinski definition) is 5. The maximum Gasteiger partial charge on any atom is 0.326 e. The largest absolute Gasteiger partial charge is 0.480 e. The van der Waals surface area contributed by atoms with Crippen LogP contribution in [0, 0.1) is 6.92 Å². The van der Waals surface area contributed by atoms with Crippen LogP contribution in [-0.2, 0) is 10.2 Å². The summed E-state index contributed by atoms with van der Waals surface area (Å²) in [6.07, 6.45) is 2.96. The molecule has 0 radical (unpaired) electrons. The topological polar surface area (TPSA) is 95.4 Å². The molecule has 0 aromatic carbocycles. The molecule has 2 amide bonds. The number of nitrogens with one attached hydrogen (secondary N) is 1. The van der Waals surface area contributed by atoms with Crippen molar-refractivity contribution in [2.75, 3.05) is 11.9 Å². The van der Waals surface area contributed by atoms with Gasteiger partial charge in [-0.2, -0.15) is 0 Å². The third-order valence-corrected chi connectivity index (χ3v) is 5.72. The van der Waals surface area contributed by atoms with E-state index < -0.39 is 18.0 Å². The number of aromatic nitrogens is 2. The molecule has 0 aliphatic carbocycles. The second-order valence-corrected chi connectivity index (χ2v) is 8.73. The van der Waals surface area contributed by atoms with E-state index in [0.717, 1.165) is 21.8 Å². The number of anilines is 1. The van der Waals surface area contributed by atoms with Gasteiger partial charge in [-0.15, -0.1) is 0 Å². The lowest BCUT2D eigenvalue weighted by molar-refractivity contribution is -0.141. The fourth-order valence-electron chi connectivity index (χ4n) is 3.13. The number of rotatable bonds is 3. The number of thiazole rings is 1. The summed E-state index contributed by atoms with van der Waals surface area (Å²) in [5, 5.41) is 12.5. The van der Waals surface area contributed by atoms with Gasteiger partial charge >= 0.3 is 12.0 Å². The predicted molar refractivity (Wildman–Crippen MR) is 105 cm³/mol. The highest BCUT2D eigenvalue weighted by Gasteiger charge is 2.34. The van der Waals surface area contributed by atoms with E-state index in [1.807, 2.05) is 19.1 Å². The van der Waals surface area contributed by atoms with E-state index in [-0.39, 0.29) is 5.41 Å². The van der Waals surface area contributed by atoms with Gasteiger partial charge < -0.3 is 10.0 Å². The Morgan fingerprint density at radius 2 is 2.11 bits per heavy atom. The van der Waals surface area contributed by atoms with Gasteiger partial charge in [0.15, 0.2) is 5.13 Å². The number of hydrogen-bond donors (Lipinski definition) is 2. The maximum atomic E-state index is 12.5. The van der Waals surface area contributed by atoms with Crippen LogP contribution in [0.4, 0.5) is 9.93 Å². The smallest absolute Gasteiger partial charge is 0.326 e. The Balaban J connectivity index is 1.81. The van der Waals surface area contributed by atoms with Crippen LogP contribution in [0.5, 0.6) is 0 Å². The number of carbonyl (C=O) groups is 2. The van der Waals surface area contributed by atoms with Crippen LogP contribution in [0.15, 0.2) is 18.3 Å². The summed E-state index contributed by atoms with van der Waals surface area (Å²) in [6.45, 7) is 8.67. The van der Waals surface area contributed by atoms with E-state index in [9.17, 15) is 14.7 Å². The van der Waals surface area contributed by atoms with Crippen molar-refractivity contribution < 1.29 is 14.7 Å². The number of likely N-dealkylation sites (tertiary alicyclic amines) is 1. The zero-order chi connectivity index (χ0) is 19.8. The number of carboxylic acids is 1. The fraction of sp³-hybridized carbons (Fsp3) is 0.474. The number of amides is 2. The summed E-state index contributed by atoms with van der Waals surface area (Å²) in [5.74, 6) is -0.967. The van der Waals surface area contributed by atoms with Crippen molar-refractivity contribution in [1.82, 2.24) is 14.9 Å². The minimum atomic E-state index is -0.967. The lowest BCUT2D eigenvalue weighted by Crippen LogP contribution is -2.42. The van der Waals surface area contributed by atoms with Crippen molar-refractivity contribution in [3.63, 3.8) is 0 Å². The van der Waals surface area contributed by atoms with Crippen molar-refractivity contribution in [2.24, 2.45) is 0 Å². The number of carbonyl (C=O) groups excluding carboxylic acids is 1. The third-order valence-electron chi connectivity index (χ3n) is 4.60. The Bertz CT molecular complexity index is 872. The van der Waals surface area contributed by atoms with Crippen LogP contribution in [0.1, 0.15) is 45.0 Å². The summed E-state index contributed by atoms with van der Waals surface area (Å²) in [5.41, 5.74) is 2.75. The maximum absolute atomic E-state index is 12.5. The first-order chi connectivity index (χ1) is 12.7. The van der Waals surface area contributed by atoms with Gasteiger partial charge in [-0.25, -0.2) is 14.6 Å². The number of aryl methyl sites for hydroxylation is 1. The molecule has 1 aliphatic heterocycles. The van der Waals surface area contributed by atoms with Crippen molar-refractivity contribution in [2.45, 2.75) is 52.0 Å². The van der Waals surface area contributed by atoms with E-state index >= 15 is 0 Å². The molecule has 3 heterocycles. The van der Waals surface area contributed by atoms with Gasteiger partial charge in [-0.1, -0.05) is 32.1 Å². The molecule has 0 bridgehead atoms. The summed E-state index contributed by atoms with van der Waals surface area (Å²) < 4.78 is 0. The molecule has 1 fully saturated rings. The van der Waals surface area contributed by atoms with E-state index in [2.05, 4.69) is 36.1 Å². The van der Waals surface area contributed by atoms with Crippen LogP contribution < -0.4 is 5.32 Å². The van der Waals surface area contributed by atoms with Crippen molar-refractivity contribution in [3.8, 4) is 10.4 Å². The Hall–Kier alpha value is -2.48. The third kappa shape index (κ3) is 4.10. The van der Waals surface area contributed by atoms with Crippen LogP contribution in [-0.4, -0.2) is 44.6 Å². The molecule has 1 saturated heterocycles. The van der Waals surface area contributed by atoms with Gasteiger partial charge in [0.05, 0.1) is 10.6 Å². The Labute approximate surface area is 162 Å². The molecule has 1 atom stereocenters. The van der Waals surface area contributed by atoms with Gasteiger partial charge in [-0.3, -0.25) is 10.3 Å². The molecule has 3 rings (SSSR count). The molecule has 2 aromatic heterocycles. The molecule has 0 spiro atoms. The number of pyridine rings is 1. The SMILES string of the molecule is Cc1nc(NC(=O)N2CCC[C@H]2C(=O)O)sc1-c1ccnc(C(C)(C)C)c1. The average molecular weight is 388 g/mol. The summed E-state index contributed by atoms with van der Waals surface area (Å²) in [7, 11) is 0. The number of urea groups is 1. The molecule has 0 unspecified atom stereocenters. The standard InChI is InChI=1S/C19H24N4O3S/c1-11-15(12-7-8-20-14(10-12)19(2,3)4)27-17(21-11)22-18(26)23-9-5-6-13(23)16(24)25/h7-8,10,13H,5-6,9H2,1-4H3,(H,24,25)(H,21,22,26)/t13-/m0/s1. The second kappa shape index (κ2) is 7.26. The molecule has 27 heavy (non-hydrogen) atoms. The molecule has 144 valence electrons. The van der Waals surface area contributed by atoms with E-state index in [1.54, 1.807) is 6.20 Å². The van der Waals surface area contributed by atoms with E-state index in [0.29, 0.717) is 24.5 Å². The molecular weight excluding hydrogens is 364 g/mol. The highest BCUT2D eigenvalue weighted by Crippen LogP contribution is 2.34. The van der Waals surface area contributed by atoms with E-state index in [1.165, 1.54) is 16.2 Å². The lowest BCUT2D eigenvalue weighted by Gasteiger charge is -2.20. The minimum Gasteiger partial charge on any atom is -0.480 e. The van der Waals surface area contributed by atoms with Gasteiger partial charge in [0.2, 0.25) is 0 Å². The van der Waals surface area contributed by atoms with E-state index in [4.69, 9.17) is 0 Å². The first-order valence-corrected chi connectivity index (χ1v) is 9.73. The highest BCUT2D eigenvalue weighted by molar-refractivity contribution is 7.19. The zero-order valence-electron chi connectivity index (χ0n) is 15.9. The van der Waals surface area contributed by atoms with Gasteiger partial charge in [0.1, 0.15) is 6.04 Å². The summed E-state index contributed by atoms with van der Waals surface area (Å²) >= 11 is 1.38. The van der Waals surface area contributed by atoms with Crippen LogP contribution in [0.3, 0.4) is 0 Å². The van der Waals surface area contributed by atoms with Gasteiger partial charge in [0.25, 0.3) is 0 Å². The van der Waals surface area contributed by atoms with Gasteiger partial charge in [-0.05, 0) is 37.5 Å². The number of nitrogens with zero attached hydrogens (tertiary/aromatic N) is 3. The normalized spacial score (nSPS) is 17.2. The second-order valence-electron chi connectivity index (χ2n) is 7.73. The molecule has 0 saturated carbocycles. The van der Waals surface area contributed by atoms with Crippen molar-refractivity contribution in [3.05, 3.63) is 29.7 Å². The first-order valence-electron chi connectivity index (χ1n) is 8.91. The highest BCUT2D eigenvalue weighted by atomic mass is 32.1. The predicted octanol–water partition coefficient (Wildman–Crippen LogP) is 3.89. The number of carboxylic acid groups (broad SMARTS) is 1. The molecular formula is C19H24N4O3S. The Morgan fingerprint density at radius 3 is 2.78 bits per heavy atom. The molecule has 2 N–H and O–H groups in total. The molecule has 2 aromatic rings. The summed E-state index contributed by atoms with van der Waals surface area (Å²) in [6, 6.07) is 2.81. The Morgan fingerprint density at radius 1 is 1.37 bits per heavy atom. The van der Waals surface area contributed by atoms with Crippen LogP contribution >= 0.6 is 11.3 Å². The van der Waals surface area contributed by atoms with Crippen LogP contribution in [0.2, 0.25) is 0 Å². The fourth-order valence-corrected chi connectivity index (χ4v) is 4.08. The monoisotopic (exact) mass is 388 g/mol. The van der Waals surface area contributed by atoms with Crippen molar-refractivity contribution in [1.29, 1.82) is 0 Å². The number of aliphatic carboxylic acids is 1. The zero-order valence-corrected chi connectivity index (χ0v) is 16.8. The first kappa shape index (κ1) is 19.3. The van der Waals surface area contributed by atoms with Crippen molar-refractivity contribution >= 4 is 28.5 Å². The van der Waals surface area contributed by atoms with Gasteiger partial charge in [0, 0.05) is 23.9 Å². The Kier molecular flexibility index (Phi) is 5.19. The molecule has 1 aliphatic rings. The molecule has 8 heteroatoms. The quantitative estimate of drug-likeness (QED) is 0.832. The lowest BCUT2D eigenvalue weighted by atomic mass is 9.90. The average Bonchev–Trinajstić information content (AvgIpc) is 3.21. The summed E-state index contributed by atoms with van der Waals surface area (Å²) in [4.78, 5) is 35.0. The molecule has 7 nitrogen and oxygen atoms in total. The minimum absolute atomic E-state index is 0.0623. The van der Waals surface area contributed by atoms with Crippen LogP contribution in [0.25, 0.3) is 10.4 Å².